The molecule has 1 aliphatic heterocycles. The van der Waals surface area contributed by atoms with E-state index < -0.39 is 0 Å². The molecule has 182 valence electrons. The predicted octanol–water partition coefficient (Wildman–Crippen LogP) is 5.65. The van der Waals surface area contributed by atoms with E-state index in [-0.39, 0.29) is 18.5 Å². The minimum absolute atomic E-state index is 0.0399. The van der Waals surface area contributed by atoms with Crippen LogP contribution in [-0.4, -0.2) is 45.5 Å². The normalized spacial score (nSPS) is 15.8. The zero-order chi connectivity index (χ0) is 24.4. The van der Waals surface area contributed by atoms with Crippen molar-refractivity contribution in [3.05, 3.63) is 66.1 Å². The molecule has 7 heteroatoms. The first-order valence-electron chi connectivity index (χ1n) is 12.4. The number of halogens is 1. The van der Waals surface area contributed by atoms with Gasteiger partial charge >= 0.3 is 0 Å². The molecular formula is C28H31FN4O2. The molecule has 1 fully saturated rings. The highest BCUT2D eigenvalue weighted by molar-refractivity contribution is 5.83. The van der Waals surface area contributed by atoms with Gasteiger partial charge in [-0.1, -0.05) is 25.5 Å². The lowest BCUT2D eigenvalue weighted by Crippen LogP contribution is -2.32. The number of unbranched alkanes of at least 4 members (excludes halogenated alkanes) is 1. The number of aliphatic hydroxyl groups is 1. The van der Waals surface area contributed by atoms with E-state index in [1.54, 1.807) is 12.1 Å². The van der Waals surface area contributed by atoms with Crippen LogP contribution < -0.4 is 9.64 Å². The molecule has 4 aromatic rings. The lowest BCUT2D eigenvalue weighted by Gasteiger charge is -2.25. The van der Waals surface area contributed by atoms with Crippen LogP contribution in [0.2, 0.25) is 0 Å². The zero-order valence-electron chi connectivity index (χ0n) is 20.2. The van der Waals surface area contributed by atoms with Gasteiger partial charge in [-0.25, -0.2) is 13.9 Å². The van der Waals surface area contributed by atoms with Gasteiger partial charge in [-0.15, -0.1) is 0 Å². The van der Waals surface area contributed by atoms with E-state index in [0.29, 0.717) is 6.61 Å². The van der Waals surface area contributed by atoms with Crippen LogP contribution >= 0.6 is 0 Å². The summed E-state index contributed by atoms with van der Waals surface area (Å²) in [5, 5.41) is 14.8. The number of ether oxygens (including phenoxy) is 1. The van der Waals surface area contributed by atoms with Gasteiger partial charge in [0.25, 0.3) is 0 Å². The van der Waals surface area contributed by atoms with Crippen LogP contribution in [0.4, 0.5) is 10.2 Å². The average Bonchev–Trinajstić information content (AvgIpc) is 3.48. The Labute approximate surface area is 205 Å². The number of aromatic nitrogens is 3. The van der Waals surface area contributed by atoms with Crippen molar-refractivity contribution in [1.82, 2.24) is 14.6 Å². The number of hydrogen-bond acceptors (Lipinski definition) is 5. The first-order valence-corrected chi connectivity index (χ1v) is 12.4. The average molecular weight is 475 g/mol. The van der Waals surface area contributed by atoms with Crippen LogP contribution in [-0.2, 0) is 0 Å². The van der Waals surface area contributed by atoms with Gasteiger partial charge in [0.1, 0.15) is 17.4 Å². The summed E-state index contributed by atoms with van der Waals surface area (Å²) in [6.45, 7) is 5.76. The highest BCUT2D eigenvalue weighted by atomic mass is 19.1. The van der Waals surface area contributed by atoms with Gasteiger partial charge in [-0.2, -0.15) is 5.10 Å². The molecule has 0 spiro atoms. The molecule has 2 aromatic heterocycles. The Hall–Kier alpha value is -3.45. The Morgan fingerprint density at radius 1 is 1.09 bits per heavy atom. The minimum Gasteiger partial charge on any atom is -0.494 e. The van der Waals surface area contributed by atoms with E-state index in [0.717, 1.165) is 77.5 Å². The van der Waals surface area contributed by atoms with E-state index in [1.165, 1.54) is 12.1 Å². The highest BCUT2D eigenvalue weighted by Crippen LogP contribution is 2.35. The first kappa shape index (κ1) is 23.3. The molecule has 2 aromatic carbocycles. The van der Waals surface area contributed by atoms with Crippen molar-refractivity contribution in [2.24, 2.45) is 0 Å². The summed E-state index contributed by atoms with van der Waals surface area (Å²) in [4.78, 5) is 7.22. The second-order valence-electron chi connectivity index (χ2n) is 9.10. The lowest BCUT2D eigenvalue weighted by atomic mass is 10.1. The van der Waals surface area contributed by atoms with Gasteiger partial charge in [0.05, 0.1) is 30.6 Å². The molecule has 1 unspecified atom stereocenters. The van der Waals surface area contributed by atoms with Gasteiger partial charge in [-0.05, 0) is 68.1 Å². The third-order valence-electron chi connectivity index (χ3n) is 6.68. The van der Waals surface area contributed by atoms with Crippen molar-refractivity contribution in [3.8, 4) is 28.1 Å². The molecule has 3 heterocycles. The Morgan fingerprint density at radius 2 is 1.83 bits per heavy atom. The monoisotopic (exact) mass is 474 g/mol. The van der Waals surface area contributed by atoms with Crippen molar-refractivity contribution in [1.29, 1.82) is 0 Å². The smallest absolute Gasteiger partial charge is 0.166 e. The van der Waals surface area contributed by atoms with Crippen LogP contribution in [0.1, 0.15) is 38.3 Å². The Morgan fingerprint density at radius 3 is 2.54 bits per heavy atom. The van der Waals surface area contributed by atoms with E-state index >= 15 is 0 Å². The van der Waals surface area contributed by atoms with E-state index in [1.807, 2.05) is 41.8 Å². The van der Waals surface area contributed by atoms with E-state index in [2.05, 4.69) is 11.8 Å². The molecule has 1 N–H and O–H groups in total. The summed E-state index contributed by atoms with van der Waals surface area (Å²) >= 11 is 0. The van der Waals surface area contributed by atoms with Crippen molar-refractivity contribution < 1.29 is 14.2 Å². The molecule has 1 saturated heterocycles. The number of rotatable bonds is 8. The quantitative estimate of drug-likeness (QED) is 0.334. The number of hydrogen-bond donors (Lipinski definition) is 1. The number of aliphatic hydroxyl groups excluding tert-OH is 1. The SMILES string of the molecule is CCCCOc1ccc(-c2c(C)nn3c(-c4ccc(F)cc4)cc(N4CCCC4CO)nc23)cc1. The fraction of sp³-hybridized carbons (Fsp3) is 0.357. The molecular weight excluding hydrogens is 443 g/mol. The summed E-state index contributed by atoms with van der Waals surface area (Å²) in [5.74, 6) is 1.37. The standard InChI is InChI=1S/C28H31FN4O2/c1-3-4-16-35-24-13-9-21(10-14-24)27-19(2)31-33-25(20-7-11-22(29)12-8-20)17-26(30-28(27)33)32-15-5-6-23(32)18-34/h7-14,17,23,34H,3-6,15-16,18H2,1-2H3. The van der Waals surface area contributed by atoms with Gasteiger partial charge in [0.15, 0.2) is 5.65 Å². The number of anilines is 1. The molecule has 1 aliphatic rings. The van der Waals surface area contributed by atoms with E-state index in [9.17, 15) is 9.50 Å². The maximum absolute atomic E-state index is 13.7. The summed E-state index contributed by atoms with van der Waals surface area (Å²) in [6, 6.07) is 16.5. The summed E-state index contributed by atoms with van der Waals surface area (Å²) in [6.07, 6.45) is 4.06. The number of aryl methyl sites for hydroxylation is 1. The largest absolute Gasteiger partial charge is 0.494 e. The van der Waals surface area contributed by atoms with Crippen molar-refractivity contribution in [2.45, 2.75) is 45.6 Å². The molecule has 0 radical (unpaired) electrons. The number of benzene rings is 2. The maximum atomic E-state index is 13.7. The van der Waals surface area contributed by atoms with Crippen LogP contribution in [0.3, 0.4) is 0 Å². The molecule has 1 atom stereocenters. The van der Waals surface area contributed by atoms with Gasteiger partial charge in [0, 0.05) is 23.7 Å². The molecule has 5 rings (SSSR count). The molecule has 6 nitrogen and oxygen atoms in total. The Bertz CT molecular complexity index is 1300. The summed E-state index contributed by atoms with van der Waals surface area (Å²) in [7, 11) is 0. The predicted molar refractivity (Wildman–Crippen MR) is 136 cm³/mol. The number of fused-ring (bicyclic) bond motifs is 1. The maximum Gasteiger partial charge on any atom is 0.166 e. The topological polar surface area (TPSA) is 62.9 Å². The van der Waals surface area contributed by atoms with Crippen LogP contribution in [0, 0.1) is 12.7 Å². The van der Waals surface area contributed by atoms with Gasteiger partial charge in [0.2, 0.25) is 0 Å². The molecule has 0 saturated carbocycles. The van der Waals surface area contributed by atoms with Crippen LogP contribution in [0.15, 0.2) is 54.6 Å². The molecule has 0 aliphatic carbocycles. The highest BCUT2D eigenvalue weighted by Gasteiger charge is 2.27. The van der Waals surface area contributed by atoms with Crippen LogP contribution in [0.5, 0.6) is 5.75 Å². The van der Waals surface area contributed by atoms with Crippen LogP contribution in [0.25, 0.3) is 28.0 Å². The Balaban J connectivity index is 1.64. The van der Waals surface area contributed by atoms with Gasteiger partial charge in [-0.3, -0.25) is 0 Å². The number of nitrogens with zero attached hydrogens (tertiary/aromatic N) is 4. The third-order valence-corrected chi connectivity index (χ3v) is 6.68. The lowest BCUT2D eigenvalue weighted by molar-refractivity contribution is 0.266. The van der Waals surface area contributed by atoms with Gasteiger partial charge < -0.3 is 14.7 Å². The van der Waals surface area contributed by atoms with Crippen molar-refractivity contribution >= 4 is 11.5 Å². The zero-order valence-corrected chi connectivity index (χ0v) is 20.2. The summed E-state index contributed by atoms with van der Waals surface area (Å²) < 4.78 is 21.4. The molecule has 35 heavy (non-hydrogen) atoms. The third kappa shape index (κ3) is 4.60. The van der Waals surface area contributed by atoms with E-state index in [4.69, 9.17) is 14.8 Å². The minimum atomic E-state index is -0.280. The fourth-order valence-corrected chi connectivity index (χ4v) is 4.80. The van der Waals surface area contributed by atoms with Crippen molar-refractivity contribution in [3.63, 3.8) is 0 Å². The second-order valence-corrected chi connectivity index (χ2v) is 9.10. The molecule has 0 amide bonds. The fourth-order valence-electron chi connectivity index (χ4n) is 4.80. The van der Waals surface area contributed by atoms with Crippen molar-refractivity contribution in [2.75, 3.05) is 24.7 Å². The second kappa shape index (κ2) is 10.0. The first-order chi connectivity index (χ1) is 17.1. The summed E-state index contributed by atoms with van der Waals surface area (Å²) in [5.41, 5.74) is 5.25. The Kier molecular flexibility index (Phi) is 6.68. The molecule has 0 bridgehead atoms.